The summed E-state index contributed by atoms with van der Waals surface area (Å²) in [5.41, 5.74) is 4.87. The van der Waals surface area contributed by atoms with E-state index in [9.17, 15) is 0 Å². The average molecular weight is 395 g/mol. The Morgan fingerprint density at radius 2 is 0.556 bits per heavy atom. The fraction of sp³-hybridized carbons (Fsp3) is 1.00. The van der Waals surface area contributed by atoms with E-state index in [2.05, 4.69) is 0 Å². The molecule has 0 unspecified atom stereocenters. The minimum absolute atomic E-state index is 0.750. The molecule has 0 heterocycles. The summed E-state index contributed by atoms with van der Waals surface area (Å²) in [5, 5.41) is 8.25. The molecule has 158 valence electrons. The van der Waals surface area contributed by atoms with Crippen LogP contribution in [0.3, 0.4) is 0 Å². The second-order valence-corrected chi connectivity index (χ2v) is 14.8. The van der Waals surface area contributed by atoms with Crippen molar-refractivity contribution in [2.45, 2.75) is 151 Å². The highest BCUT2D eigenvalue weighted by Crippen LogP contribution is 2.81. The van der Waals surface area contributed by atoms with Gasteiger partial charge in [0, 0.05) is 7.26 Å². The van der Waals surface area contributed by atoms with Crippen LogP contribution in [-0.4, -0.2) is 29.7 Å². The molecule has 0 aliphatic heterocycles. The van der Waals surface area contributed by atoms with Gasteiger partial charge in [-0.15, -0.1) is 0 Å². The Morgan fingerprint density at radius 1 is 0.370 bits per heavy atom. The van der Waals surface area contributed by atoms with Crippen LogP contribution in [0.5, 0.6) is 0 Å². The van der Waals surface area contributed by atoms with E-state index >= 15 is 0 Å². The van der Waals surface area contributed by atoms with E-state index < -0.39 is 7.26 Å². The van der Waals surface area contributed by atoms with Gasteiger partial charge in [0.2, 0.25) is 0 Å². The lowest BCUT2D eigenvalue weighted by Gasteiger charge is -2.53. The lowest BCUT2D eigenvalue weighted by atomic mass is 9.98. The van der Waals surface area contributed by atoms with Gasteiger partial charge < -0.3 is 5.11 Å². The van der Waals surface area contributed by atoms with E-state index in [-0.39, 0.29) is 0 Å². The van der Waals surface area contributed by atoms with Crippen molar-refractivity contribution in [2.75, 3.05) is 7.11 Å². The molecule has 0 aromatic carbocycles. The monoisotopic (exact) mass is 394 g/mol. The first-order valence-electron chi connectivity index (χ1n) is 12.7. The van der Waals surface area contributed by atoms with E-state index in [1.807, 2.05) is 0 Å². The summed E-state index contributed by atoms with van der Waals surface area (Å²) in [6.07, 6.45) is 32.1. The van der Waals surface area contributed by atoms with E-state index in [1.54, 1.807) is 128 Å². The molecule has 0 bridgehead atoms. The van der Waals surface area contributed by atoms with Gasteiger partial charge in [-0.2, -0.15) is 7.11 Å². The second-order valence-electron chi connectivity index (χ2n) is 10.1. The molecule has 4 fully saturated rings. The molecular weight excluding hydrogens is 347 g/mol. The first-order valence-corrected chi connectivity index (χ1v) is 14.8. The molecule has 0 atom stereocenters. The van der Waals surface area contributed by atoms with Crippen LogP contribution in [0.15, 0.2) is 0 Å². The van der Waals surface area contributed by atoms with Gasteiger partial charge in [-0.3, -0.25) is 0 Å². The van der Waals surface area contributed by atoms with Gasteiger partial charge in [-0.05, 0) is 103 Å². The van der Waals surface area contributed by atoms with Gasteiger partial charge >= 0.3 is 0 Å². The molecule has 4 aliphatic rings. The van der Waals surface area contributed by atoms with Crippen molar-refractivity contribution in [1.82, 2.24) is 0 Å². The summed E-state index contributed by atoms with van der Waals surface area (Å²) in [7, 11) is -0.0478. The summed E-state index contributed by atoms with van der Waals surface area (Å²) < 4.78 is 0. The molecule has 0 amide bonds. The second kappa shape index (κ2) is 11.5. The predicted molar refractivity (Wildman–Crippen MR) is 120 cm³/mol. The Morgan fingerprint density at radius 3 is 0.741 bits per heavy atom. The summed E-state index contributed by atoms with van der Waals surface area (Å²) in [6, 6.07) is 0. The molecule has 4 aliphatic carbocycles. The molecular formula is C25H47OP. The molecule has 0 spiro atoms. The van der Waals surface area contributed by atoms with Crippen LogP contribution in [0.25, 0.3) is 0 Å². The summed E-state index contributed by atoms with van der Waals surface area (Å²) in [4.78, 5) is 0. The van der Waals surface area contributed by atoms with Crippen LogP contribution >= 0.6 is 7.26 Å². The molecule has 1 nitrogen and oxygen atoms in total. The predicted octanol–water partition coefficient (Wildman–Crippen LogP) is 7.31. The Balaban J connectivity index is 0.00000102. The largest absolute Gasteiger partial charge is 0.857 e. The van der Waals surface area contributed by atoms with Crippen molar-refractivity contribution in [3.05, 3.63) is 0 Å². The SMILES string of the molecule is C1CCC([P+](C2CCCCC2)(C2CCCCC2)C2CCCCC2)CC1.C[O-]. The Kier molecular flexibility index (Phi) is 9.44. The Labute approximate surface area is 170 Å². The Hall–Kier alpha value is 0.390. The molecule has 0 saturated heterocycles. The topological polar surface area (TPSA) is 23.1 Å². The van der Waals surface area contributed by atoms with E-state index in [0.717, 1.165) is 7.11 Å². The van der Waals surface area contributed by atoms with Crippen molar-refractivity contribution < 1.29 is 5.11 Å². The van der Waals surface area contributed by atoms with E-state index in [4.69, 9.17) is 5.11 Å². The first-order chi connectivity index (χ1) is 13.4. The zero-order valence-corrected chi connectivity index (χ0v) is 19.2. The highest BCUT2D eigenvalue weighted by molar-refractivity contribution is 7.78. The van der Waals surface area contributed by atoms with Crippen LogP contribution < -0.4 is 5.11 Å². The van der Waals surface area contributed by atoms with Crippen molar-refractivity contribution in [3.8, 4) is 0 Å². The zero-order valence-electron chi connectivity index (χ0n) is 18.3. The van der Waals surface area contributed by atoms with E-state index in [1.165, 1.54) is 22.6 Å². The van der Waals surface area contributed by atoms with Gasteiger partial charge in [0.15, 0.2) is 0 Å². The van der Waals surface area contributed by atoms with Crippen LogP contribution in [0.4, 0.5) is 0 Å². The average Bonchev–Trinajstić information content (AvgIpc) is 2.79. The lowest BCUT2D eigenvalue weighted by Crippen LogP contribution is -2.42. The van der Waals surface area contributed by atoms with Crippen LogP contribution in [0.1, 0.15) is 128 Å². The maximum absolute atomic E-state index is 8.25. The van der Waals surface area contributed by atoms with Crippen molar-refractivity contribution in [3.63, 3.8) is 0 Å². The van der Waals surface area contributed by atoms with Crippen LogP contribution in [-0.2, 0) is 0 Å². The molecule has 2 heteroatoms. The number of rotatable bonds is 4. The fourth-order valence-corrected chi connectivity index (χ4v) is 16.5. The normalized spacial score (nSPS) is 27.8. The van der Waals surface area contributed by atoms with Crippen molar-refractivity contribution >= 4 is 7.26 Å². The van der Waals surface area contributed by atoms with Gasteiger partial charge in [-0.25, -0.2) is 0 Å². The molecule has 0 aromatic heterocycles. The molecule has 27 heavy (non-hydrogen) atoms. The minimum Gasteiger partial charge on any atom is -0.857 e. The highest BCUT2D eigenvalue weighted by atomic mass is 31.2. The molecule has 0 N–H and O–H groups in total. The van der Waals surface area contributed by atoms with Gasteiger partial charge in [0.1, 0.15) is 0 Å². The zero-order chi connectivity index (χ0) is 19.0. The smallest absolute Gasteiger partial charge is 0.0705 e. The molecule has 0 radical (unpaired) electrons. The maximum atomic E-state index is 8.25. The van der Waals surface area contributed by atoms with Crippen LogP contribution in [0, 0.1) is 0 Å². The quantitative estimate of drug-likeness (QED) is 0.458. The van der Waals surface area contributed by atoms with Gasteiger partial charge in [0.25, 0.3) is 0 Å². The van der Waals surface area contributed by atoms with Crippen molar-refractivity contribution in [1.29, 1.82) is 0 Å². The van der Waals surface area contributed by atoms with Crippen molar-refractivity contribution in [2.24, 2.45) is 0 Å². The summed E-state index contributed by atoms with van der Waals surface area (Å²) in [5.74, 6) is 0. The lowest BCUT2D eigenvalue weighted by molar-refractivity contribution is -0.325. The third kappa shape index (κ3) is 4.94. The maximum Gasteiger partial charge on any atom is 0.0705 e. The molecule has 4 rings (SSSR count). The van der Waals surface area contributed by atoms with Crippen LogP contribution in [0.2, 0.25) is 0 Å². The van der Waals surface area contributed by atoms with E-state index in [0.29, 0.717) is 0 Å². The number of hydrogen-bond acceptors (Lipinski definition) is 1. The molecule has 0 aromatic rings. The summed E-state index contributed by atoms with van der Waals surface area (Å²) in [6.45, 7) is 0. The Bertz CT molecular complexity index is 308. The first kappa shape index (κ1) is 22.1. The fourth-order valence-electron chi connectivity index (χ4n) is 7.90. The summed E-state index contributed by atoms with van der Waals surface area (Å²) >= 11 is 0. The van der Waals surface area contributed by atoms with Gasteiger partial charge in [0.05, 0.1) is 22.6 Å². The highest BCUT2D eigenvalue weighted by Gasteiger charge is 2.61. The minimum atomic E-state index is -0.798. The third-order valence-corrected chi connectivity index (χ3v) is 16.0. The molecule has 4 saturated carbocycles. The third-order valence-electron chi connectivity index (χ3n) is 8.83. The number of hydrogen-bond donors (Lipinski definition) is 0. The van der Waals surface area contributed by atoms with Gasteiger partial charge in [-0.1, -0.05) is 25.7 Å². The standard InChI is InChI=1S/C24H44P.CH3O/c1-5-13-21(14-6-1)25(22-15-7-2-8-16-22,23-17-9-3-10-18-23)24-19-11-4-12-20-24;1-2/h21-24H,1-20H2;1H3/q+1;-1.